The zero-order chi connectivity index (χ0) is 36.8. The molecule has 1 atom stereocenters. The third-order valence-electron chi connectivity index (χ3n) is 9.35. The van der Waals surface area contributed by atoms with E-state index in [0.717, 1.165) is 48.0 Å². The number of hydrogen-bond acceptors (Lipinski definition) is 8. The number of aromatic nitrogens is 4. The van der Waals surface area contributed by atoms with Gasteiger partial charge < -0.3 is 29.0 Å². The number of phenolic OH excluding ortho intramolecular Hbond substituents is 2. The normalized spacial score (nSPS) is 12.2. The average molecular weight is 695 g/mol. The molecule has 9 heteroatoms. The fourth-order valence-electron chi connectivity index (χ4n) is 6.22. The molecule has 0 spiro atoms. The highest BCUT2D eigenvalue weighted by Gasteiger charge is 2.23. The fourth-order valence-corrected chi connectivity index (χ4v) is 6.22. The number of ether oxygens (including phenoxy) is 3. The Labute approximate surface area is 302 Å². The van der Waals surface area contributed by atoms with Gasteiger partial charge in [0.15, 0.2) is 17.5 Å². The largest absolute Gasteiger partial charge is 0.507 e. The lowest BCUT2D eigenvalue weighted by Gasteiger charge is -2.16. The summed E-state index contributed by atoms with van der Waals surface area (Å²) >= 11 is 0. The van der Waals surface area contributed by atoms with Crippen LogP contribution >= 0.6 is 0 Å². The molecule has 9 nitrogen and oxygen atoms in total. The van der Waals surface area contributed by atoms with Crippen molar-refractivity contribution in [3.8, 4) is 62.9 Å². The quantitative estimate of drug-likeness (QED) is 0.105. The van der Waals surface area contributed by atoms with E-state index in [9.17, 15) is 10.2 Å². The SMILES string of the molecule is CCCCC(CC)Cn1cc(-c2nc(-c3ccc(OCC(C)C)c(C)c3O)nc(-c3ccc(OCC(C)C)c(C)c3O)n2)c2cc(OC)ccc21. The Morgan fingerprint density at radius 3 is 1.73 bits per heavy atom. The number of unbranched alkanes of at least 4 members (excludes halogenated alkanes) is 1. The van der Waals surface area contributed by atoms with E-state index in [4.69, 9.17) is 29.2 Å². The average Bonchev–Trinajstić information content (AvgIpc) is 3.48. The van der Waals surface area contributed by atoms with Crippen molar-refractivity contribution in [3.05, 3.63) is 59.8 Å². The van der Waals surface area contributed by atoms with Gasteiger partial charge in [-0.05, 0) is 80.5 Å². The summed E-state index contributed by atoms with van der Waals surface area (Å²) in [5.41, 5.74) is 3.94. The summed E-state index contributed by atoms with van der Waals surface area (Å²) in [6.07, 6.45) is 6.70. The van der Waals surface area contributed by atoms with E-state index >= 15 is 0 Å². The minimum atomic E-state index is 0.0306. The summed E-state index contributed by atoms with van der Waals surface area (Å²) in [5.74, 6) is 4.16. The number of nitrogens with zero attached hydrogens (tertiary/aromatic N) is 4. The van der Waals surface area contributed by atoms with Crippen LogP contribution in [0, 0.1) is 31.6 Å². The number of aromatic hydroxyl groups is 2. The van der Waals surface area contributed by atoms with Gasteiger partial charge in [-0.25, -0.2) is 15.0 Å². The third kappa shape index (κ3) is 8.41. The van der Waals surface area contributed by atoms with Crippen LogP contribution in [0.4, 0.5) is 0 Å². The topological polar surface area (TPSA) is 112 Å². The second-order valence-electron chi connectivity index (χ2n) is 14.4. The first-order valence-corrected chi connectivity index (χ1v) is 18.3. The monoisotopic (exact) mass is 694 g/mol. The van der Waals surface area contributed by atoms with Crippen molar-refractivity contribution in [2.24, 2.45) is 17.8 Å². The molecule has 0 aliphatic carbocycles. The molecule has 2 N–H and O–H groups in total. The Morgan fingerprint density at radius 1 is 0.725 bits per heavy atom. The summed E-state index contributed by atoms with van der Waals surface area (Å²) < 4.78 is 19.9. The van der Waals surface area contributed by atoms with E-state index < -0.39 is 0 Å². The van der Waals surface area contributed by atoms with Crippen LogP contribution in [0.5, 0.6) is 28.7 Å². The van der Waals surface area contributed by atoms with E-state index in [1.807, 2.05) is 38.1 Å². The molecule has 272 valence electrons. The Kier molecular flexibility index (Phi) is 12.1. The van der Waals surface area contributed by atoms with Gasteiger partial charge in [-0.2, -0.15) is 0 Å². The number of benzene rings is 3. The first-order chi connectivity index (χ1) is 24.4. The number of fused-ring (bicyclic) bond motifs is 1. The van der Waals surface area contributed by atoms with Crippen molar-refractivity contribution in [2.45, 2.75) is 87.6 Å². The van der Waals surface area contributed by atoms with Gasteiger partial charge in [-0.1, -0.05) is 60.8 Å². The Balaban J connectivity index is 1.72. The van der Waals surface area contributed by atoms with Crippen LogP contribution in [-0.2, 0) is 6.54 Å². The van der Waals surface area contributed by atoms with Crippen LogP contribution in [-0.4, -0.2) is 50.1 Å². The van der Waals surface area contributed by atoms with Crippen molar-refractivity contribution < 1.29 is 24.4 Å². The summed E-state index contributed by atoms with van der Waals surface area (Å²) in [7, 11) is 1.66. The lowest BCUT2D eigenvalue weighted by molar-refractivity contribution is 0.268. The fraction of sp³-hybridized carbons (Fsp3) is 0.452. The first-order valence-electron chi connectivity index (χ1n) is 18.3. The Morgan fingerprint density at radius 2 is 1.25 bits per heavy atom. The van der Waals surface area contributed by atoms with Gasteiger partial charge in [-0.15, -0.1) is 0 Å². The number of hydrogen-bond donors (Lipinski definition) is 2. The maximum atomic E-state index is 11.5. The number of methoxy groups -OCH3 is 1. The summed E-state index contributed by atoms with van der Waals surface area (Å²) in [5, 5.41) is 24.0. The molecule has 0 fully saturated rings. The molecule has 2 heterocycles. The second kappa shape index (κ2) is 16.5. The van der Waals surface area contributed by atoms with Crippen LogP contribution < -0.4 is 14.2 Å². The van der Waals surface area contributed by atoms with Gasteiger partial charge >= 0.3 is 0 Å². The molecule has 51 heavy (non-hydrogen) atoms. The van der Waals surface area contributed by atoms with Crippen LogP contribution in [0.3, 0.4) is 0 Å². The molecule has 5 aromatic rings. The standard InChI is InChI=1S/C42H54N4O5/c1-10-12-13-29(11-2)21-46-22-34(33-20-30(49-9)14-17-35(33)46)42-44-40(31-15-18-36(27(7)38(31)47)50-23-25(3)4)43-41(45-42)32-16-19-37(28(8)39(32)48)51-24-26(5)6/h14-20,22,25-26,29,47-48H,10-13,21,23-24H2,1-9H3. The second-order valence-corrected chi connectivity index (χ2v) is 14.4. The minimum Gasteiger partial charge on any atom is -0.507 e. The van der Waals surface area contributed by atoms with Crippen molar-refractivity contribution in [3.63, 3.8) is 0 Å². The highest BCUT2D eigenvalue weighted by Crippen LogP contribution is 2.41. The van der Waals surface area contributed by atoms with Crippen LogP contribution in [0.25, 0.3) is 45.1 Å². The summed E-state index contributed by atoms with van der Waals surface area (Å²) in [6, 6.07) is 13.3. The van der Waals surface area contributed by atoms with E-state index in [2.05, 4.69) is 58.4 Å². The van der Waals surface area contributed by atoms with Gasteiger partial charge in [0, 0.05) is 40.3 Å². The highest BCUT2D eigenvalue weighted by atomic mass is 16.5. The van der Waals surface area contributed by atoms with E-state index in [1.165, 1.54) is 6.42 Å². The molecular weight excluding hydrogens is 640 g/mol. The van der Waals surface area contributed by atoms with E-state index in [-0.39, 0.29) is 23.1 Å². The maximum absolute atomic E-state index is 11.5. The molecule has 5 rings (SSSR count). The zero-order valence-electron chi connectivity index (χ0n) is 31.7. The molecule has 3 aromatic carbocycles. The summed E-state index contributed by atoms with van der Waals surface area (Å²) in [6.45, 7) is 18.4. The van der Waals surface area contributed by atoms with Crippen molar-refractivity contribution >= 4 is 10.9 Å². The molecule has 0 amide bonds. The van der Waals surface area contributed by atoms with Gasteiger partial charge in [-0.3, -0.25) is 0 Å². The summed E-state index contributed by atoms with van der Waals surface area (Å²) in [4.78, 5) is 14.9. The van der Waals surface area contributed by atoms with E-state index in [1.54, 1.807) is 19.2 Å². The predicted molar refractivity (Wildman–Crippen MR) is 205 cm³/mol. The molecule has 1 unspecified atom stereocenters. The molecule has 0 bridgehead atoms. The highest BCUT2D eigenvalue weighted by molar-refractivity contribution is 5.96. The molecule has 2 aromatic heterocycles. The molecule has 0 radical (unpaired) electrons. The lowest BCUT2D eigenvalue weighted by Crippen LogP contribution is -2.09. The van der Waals surface area contributed by atoms with Gasteiger partial charge in [0.25, 0.3) is 0 Å². The van der Waals surface area contributed by atoms with Crippen LogP contribution in [0.15, 0.2) is 48.7 Å². The van der Waals surface area contributed by atoms with Gasteiger partial charge in [0.2, 0.25) is 0 Å². The zero-order valence-corrected chi connectivity index (χ0v) is 31.7. The van der Waals surface area contributed by atoms with Crippen LogP contribution in [0.1, 0.15) is 78.4 Å². The van der Waals surface area contributed by atoms with Crippen molar-refractivity contribution in [1.29, 1.82) is 0 Å². The third-order valence-corrected chi connectivity index (χ3v) is 9.35. The molecular formula is C42H54N4O5. The van der Waals surface area contributed by atoms with Crippen molar-refractivity contribution in [1.82, 2.24) is 19.5 Å². The van der Waals surface area contributed by atoms with E-state index in [0.29, 0.717) is 70.5 Å². The minimum absolute atomic E-state index is 0.0306. The number of rotatable bonds is 16. The predicted octanol–water partition coefficient (Wildman–Crippen LogP) is 10.1. The van der Waals surface area contributed by atoms with Gasteiger partial charge in [0.05, 0.1) is 31.5 Å². The maximum Gasteiger partial charge on any atom is 0.167 e. The molecule has 0 aliphatic heterocycles. The Bertz CT molecular complexity index is 1880. The van der Waals surface area contributed by atoms with Crippen molar-refractivity contribution in [2.75, 3.05) is 20.3 Å². The Hall–Kier alpha value is -4.79. The smallest absolute Gasteiger partial charge is 0.167 e. The first kappa shape index (κ1) is 37.5. The lowest BCUT2D eigenvalue weighted by atomic mass is 9.99. The van der Waals surface area contributed by atoms with Gasteiger partial charge in [0.1, 0.15) is 28.7 Å². The van der Waals surface area contributed by atoms with Crippen LogP contribution in [0.2, 0.25) is 0 Å². The molecule has 0 saturated heterocycles. The number of phenols is 2. The molecule has 0 aliphatic rings. The molecule has 0 saturated carbocycles.